The van der Waals surface area contributed by atoms with Gasteiger partial charge < -0.3 is 25.7 Å². The molecule has 5 rings (SSSR count). The molecule has 1 unspecified atom stereocenters. The topological polar surface area (TPSA) is 99.4 Å². The number of aromatic nitrogens is 2. The largest absolute Gasteiger partial charge is 0.385 e. The first kappa shape index (κ1) is 27.8. The van der Waals surface area contributed by atoms with E-state index in [-0.39, 0.29) is 23.7 Å². The maximum Gasteiger partial charge on any atom is 0.224 e. The minimum absolute atomic E-state index is 0.0787. The summed E-state index contributed by atoms with van der Waals surface area (Å²) in [5.41, 5.74) is 17.3. The van der Waals surface area contributed by atoms with Gasteiger partial charge in [0.1, 0.15) is 11.6 Å². The van der Waals surface area contributed by atoms with Crippen molar-refractivity contribution in [2.24, 2.45) is 5.73 Å². The minimum Gasteiger partial charge on any atom is -0.385 e. The van der Waals surface area contributed by atoms with Crippen molar-refractivity contribution < 1.29 is 13.9 Å². The average Bonchev–Trinajstić information content (AvgIpc) is 3.34. The Bertz CT molecular complexity index is 1430. The molecule has 2 aromatic heterocycles. The number of rotatable bonds is 10. The van der Waals surface area contributed by atoms with Gasteiger partial charge in [-0.15, -0.1) is 0 Å². The third-order valence-corrected chi connectivity index (χ3v) is 7.86. The van der Waals surface area contributed by atoms with Crippen LogP contribution in [0.2, 0.25) is 0 Å². The number of nitrogens with two attached hydrogens (primary N) is 2. The number of fused-ring (bicyclic) bond motifs is 1. The number of benzene rings is 2. The van der Waals surface area contributed by atoms with E-state index in [0.29, 0.717) is 37.2 Å². The summed E-state index contributed by atoms with van der Waals surface area (Å²) in [5.74, 6) is 0.514. The van der Waals surface area contributed by atoms with Gasteiger partial charge >= 0.3 is 0 Å². The van der Waals surface area contributed by atoms with Crippen molar-refractivity contribution in [3.05, 3.63) is 83.9 Å². The molecule has 7 nitrogen and oxygen atoms in total. The predicted molar refractivity (Wildman–Crippen MR) is 157 cm³/mol. The molecular formula is C32H38FN5O2. The Morgan fingerprint density at radius 1 is 1.15 bits per heavy atom. The number of amides is 1. The number of nitrogens with zero attached hydrogens (tertiary/aromatic N) is 3. The lowest BCUT2D eigenvalue weighted by Crippen LogP contribution is -2.42. The normalized spacial score (nSPS) is 16.4. The Kier molecular flexibility index (Phi) is 8.77. The first-order chi connectivity index (χ1) is 19.4. The van der Waals surface area contributed by atoms with Gasteiger partial charge in [0.2, 0.25) is 5.91 Å². The summed E-state index contributed by atoms with van der Waals surface area (Å²) >= 11 is 0. The molecule has 1 amide bonds. The van der Waals surface area contributed by atoms with Gasteiger partial charge in [0, 0.05) is 74.6 Å². The van der Waals surface area contributed by atoms with Gasteiger partial charge in [0.15, 0.2) is 0 Å². The van der Waals surface area contributed by atoms with Gasteiger partial charge in [-0.3, -0.25) is 4.79 Å². The zero-order valence-electron chi connectivity index (χ0n) is 23.1. The van der Waals surface area contributed by atoms with Gasteiger partial charge in [-0.2, -0.15) is 0 Å². The number of carbonyl (C=O) groups excluding carboxylic acids is 1. The first-order valence-electron chi connectivity index (χ1n) is 14.0. The molecule has 4 aromatic rings. The molecule has 2 aromatic carbocycles. The number of likely N-dealkylation sites (tertiary alicyclic amines) is 1. The number of piperidine rings is 1. The monoisotopic (exact) mass is 543 g/mol. The summed E-state index contributed by atoms with van der Waals surface area (Å²) in [6.45, 7) is 2.74. The van der Waals surface area contributed by atoms with Crippen molar-refractivity contribution in [2.45, 2.75) is 50.6 Å². The van der Waals surface area contributed by atoms with E-state index in [1.807, 2.05) is 35.2 Å². The van der Waals surface area contributed by atoms with Gasteiger partial charge in [-0.1, -0.05) is 30.3 Å². The van der Waals surface area contributed by atoms with Crippen LogP contribution in [0.5, 0.6) is 0 Å². The maximum atomic E-state index is 14.7. The smallest absolute Gasteiger partial charge is 0.224 e. The van der Waals surface area contributed by atoms with E-state index in [9.17, 15) is 9.18 Å². The molecule has 210 valence electrons. The van der Waals surface area contributed by atoms with E-state index >= 15 is 0 Å². The van der Waals surface area contributed by atoms with E-state index in [1.165, 1.54) is 6.07 Å². The molecule has 0 radical (unpaired) electrons. The van der Waals surface area contributed by atoms with Crippen LogP contribution in [0.15, 0.2) is 66.9 Å². The Morgan fingerprint density at radius 2 is 1.95 bits per heavy atom. The molecule has 1 saturated heterocycles. The van der Waals surface area contributed by atoms with Crippen LogP contribution < -0.4 is 11.5 Å². The highest BCUT2D eigenvalue weighted by Gasteiger charge is 2.28. The fourth-order valence-corrected chi connectivity index (χ4v) is 5.81. The number of carbonyl (C=O) groups is 1. The zero-order chi connectivity index (χ0) is 28.1. The standard InChI is InChI=1S/C32H38FN5O2/c1-40-16-4-15-38-29-7-2-6-28(33)27(29)19-30(38)25-5-3-14-37(21-25)32(39)18-26(34)17-22-8-10-23(11-9-22)24-12-13-31(35)36-20-24/h2,6-13,19-20,25-26H,3-5,14-18,21,34H2,1H3,(H2,35,36)/t25?,26-/m1/s1. The summed E-state index contributed by atoms with van der Waals surface area (Å²) in [4.78, 5) is 19.4. The Labute approximate surface area is 234 Å². The molecule has 1 aliphatic rings. The second kappa shape index (κ2) is 12.6. The zero-order valence-corrected chi connectivity index (χ0v) is 23.1. The van der Waals surface area contributed by atoms with Crippen LogP contribution in [0.25, 0.3) is 22.0 Å². The third-order valence-electron chi connectivity index (χ3n) is 7.86. The molecule has 0 aliphatic carbocycles. The SMILES string of the molecule is COCCCn1c(C2CCCN(C(=O)C[C@H](N)Cc3ccc(-c4ccc(N)nc4)cc3)C2)cc2c(F)cccc21. The number of aryl methyl sites for hydroxylation is 1. The molecule has 0 bridgehead atoms. The molecule has 0 saturated carbocycles. The van der Waals surface area contributed by atoms with Gasteiger partial charge in [-0.05, 0) is 67.1 Å². The van der Waals surface area contributed by atoms with Crippen molar-refractivity contribution in [1.29, 1.82) is 0 Å². The fourth-order valence-electron chi connectivity index (χ4n) is 5.81. The summed E-state index contributed by atoms with van der Waals surface area (Å²) in [6, 6.07) is 18.9. The van der Waals surface area contributed by atoms with E-state index in [0.717, 1.165) is 60.3 Å². The lowest BCUT2D eigenvalue weighted by molar-refractivity contribution is -0.132. The number of halogens is 1. The number of hydrogen-bond acceptors (Lipinski definition) is 5. The maximum absolute atomic E-state index is 14.7. The van der Waals surface area contributed by atoms with Crippen LogP contribution in [0.1, 0.15) is 42.9 Å². The van der Waals surface area contributed by atoms with E-state index in [4.69, 9.17) is 16.2 Å². The summed E-state index contributed by atoms with van der Waals surface area (Å²) < 4.78 is 22.1. The third kappa shape index (κ3) is 6.35. The van der Waals surface area contributed by atoms with Gasteiger partial charge in [0.25, 0.3) is 0 Å². The lowest BCUT2D eigenvalue weighted by atomic mass is 9.93. The van der Waals surface area contributed by atoms with Crippen LogP contribution in [-0.2, 0) is 22.5 Å². The lowest BCUT2D eigenvalue weighted by Gasteiger charge is -2.34. The molecule has 1 aliphatic heterocycles. The quantitative estimate of drug-likeness (QED) is 0.270. The van der Waals surface area contributed by atoms with E-state index < -0.39 is 0 Å². The molecule has 4 N–H and O–H groups in total. The number of anilines is 1. The van der Waals surface area contributed by atoms with Crippen LogP contribution in [0.3, 0.4) is 0 Å². The van der Waals surface area contributed by atoms with Crippen molar-refractivity contribution in [3.63, 3.8) is 0 Å². The molecule has 40 heavy (non-hydrogen) atoms. The summed E-state index contributed by atoms with van der Waals surface area (Å²) in [6.07, 6.45) is 5.39. The Morgan fingerprint density at radius 3 is 2.70 bits per heavy atom. The summed E-state index contributed by atoms with van der Waals surface area (Å²) in [7, 11) is 1.69. The molecule has 3 heterocycles. The fraction of sp³-hybridized carbons (Fsp3) is 0.375. The summed E-state index contributed by atoms with van der Waals surface area (Å²) in [5, 5.41) is 0.638. The highest BCUT2D eigenvalue weighted by Crippen LogP contribution is 2.33. The Hall–Kier alpha value is -3.75. The van der Waals surface area contributed by atoms with Crippen molar-refractivity contribution in [1.82, 2.24) is 14.5 Å². The van der Waals surface area contributed by atoms with Crippen molar-refractivity contribution in [2.75, 3.05) is 32.5 Å². The number of ether oxygens (including phenoxy) is 1. The van der Waals surface area contributed by atoms with Gasteiger partial charge in [-0.25, -0.2) is 9.37 Å². The second-order valence-corrected chi connectivity index (χ2v) is 10.8. The number of hydrogen-bond donors (Lipinski definition) is 2. The highest BCUT2D eigenvalue weighted by atomic mass is 19.1. The van der Waals surface area contributed by atoms with Crippen LogP contribution >= 0.6 is 0 Å². The van der Waals surface area contributed by atoms with Crippen molar-refractivity contribution in [3.8, 4) is 11.1 Å². The molecule has 0 spiro atoms. The Balaban J connectivity index is 1.22. The molecule has 2 atom stereocenters. The van der Waals surface area contributed by atoms with Crippen molar-refractivity contribution >= 4 is 22.6 Å². The van der Waals surface area contributed by atoms with Crippen LogP contribution in [-0.4, -0.2) is 53.2 Å². The number of pyridine rings is 1. The van der Waals surface area contributed by atoms with Crippen LogP contribution in [0.4, 0.5) is 10.2 Å². The number of nitrogen functional groups attached to an aromatic ring is 1. The average molecular weight is 544 g/mol. The van der Waals surface area contributed by atoms with Crippen LogP contribution in [0, 0.1) is 5.82 Å². The highest BCUT2D eigenvalue weighted by molar-refractivity contribution is 5.82. The second-order valence-electron chi connectivity index (χ2n) is 10.8. The minimum atomic E-state index is -0.272. The molecular weight excluding hydrogens is 505 g/mol. The molecule has 8 heteroatoms. The number of methoxy groups -OCH3 is 1. The van der Waals surface area contributed by atoms with E-state index in [1.54, 1.807) is 25.4 Å². The van der Waals surface area contributed by atoms with Gasteiger partial charge in [0.05, 0.1) is 5.52 Å². The molecule has 1 fully saturated rings. The van der Waals surface area contributed by atoms with E-state index in [2.05, 4.69) is 21.7 Å². The predicted octanol–water partition coefficient (Wildman–Crippen LogP) is 5.13. The first-order valence-corrected chi connectivity index (χ1v) is 14.0.